The molecule has 1 fully saturated rings. The van der Waals surface area contributed by atoms with Crippen molar-refractivity contribution >= 4 is 28.6 Å². The Morgan fingerprint density at radius 2 is 2.30 bits per heavy atom. The average Bonchev–Trinajstić information content (AvgIpc) is 3.36. The molecule has 1 aliphatic heterocycles. The van der Waals surface area contributed by atoms with Gasteiger partial charge in [0.05, 0.1) is 17.2 Å². The molecule has 7 heteroatoms. The quantitative estimate of drug-likeness (QED) is 0.730. The number of piperidine rings is 1. The van der Waals surface area contributed by atoms with E-state index >= 15 is 0 Å². The molecule has 0 bridgehead atoms. The van der Waals surface area contributed by atoms with Gasteiger partial charge in [0.25, 0.3) is 5.91 Å². The first-order valence-electron chi connectivity index (χ1n) is 7.57. The first-order valence-corrected chi connectivity index (χ1v) is 9.33. The second kappa shape index (κ2) is 6.25. The molecule has 0 spiro atoms. The molecule has 0 aromatic carbocycles. The Kier molecular flexibility index (Phi) is 3.97. The number of rotatable bonds is 3. The number of hydrogen-bond acceptors (Lipinski definition) is 5. The third kappa shape index (κ3) is 2.94. The van der Waals surface area contributed by atoms with Crippen molar-refractivity contribution in [1.82, 2.24) is 19.4 Å². The summed E-state index contributed by atoms with van der Waals surface area (Å²) in [6.07, 6.45) is 7.68. The zero-order valence-electron chi connectivity index (χ0n) is 12.5. The van der Waals surface area contributed by atoms with E-state index in [2.05, 4.69) is 14.5 Å². The van der Waals surface area contributed by atoms with E-state index in [0.717, 1.165) is 35.8 Å². The smallest absolute Gasteiger partial charge is 0.273 e. The second-order valence-corrected chi connectivity index (χ2v) is 7.38. The van der Waals surface area contributed by atoms with E-state index in [1.54, 1.807) is 17.5 Å². The fourth-order valence-corrected chi connectivity index (χ4v) is 4.52. The Bertz CT molecular complexity index is 779. The Labute approximate surface area is 142 Å². The van der Waals surface area contributed by atoms with Gasteiger partial charge in [-0.05, 0) is 24.3 Å². The van der Waals surface area contributed by atoms with Crippen molar-refractivity contribution in [2.75, 3.05) is 13.1 Å². The van der Waals surface area contributed by atoms with Gasteiger partial charge in [-0.2, -0.15) is 0 Å². The van der Waals surface area contributed by atoms with Crippen LogP contribution in [-0.2, 0) is 0 Å². The Balaban J connectivity index is 1.50. The Hall–Kier alpha value is -1.99. The summed E-state index contributed by atoms with van der Waals surface area (Å²) in [5.41, 5.74) is 0.560. The number of carbonyl (C=O) groups is 1. The minimum atomic E-state index is 0.0360. The van der Waals surface area contributed by atoms with Crippen molar-refractivity contribution < 1.29 is 4.79 Å². The van der Waals surface area contributed by atoms with Gasteiger partial charge in [0.1, 0.15) is 10.7 Å². The summed E-state index contributed by atoms with van der Waals surface area (Å²) in [5, 5.41) is 4.82. The lowest BCUT2D eigenvalue weighted by atomic mass is 10.1. The molecule has 0 N–H and O–H groups in total. The van der Waals surface area contributed by atoms with E-state index in [1.807, 2.05) is 40.3 Å². The molecule has 5 nitrogen and oxygen atoms in total. The number of amides is 1. The zero-order chi connectivity index (χ0) is 15.6. The normalized spacial score (nSPS) is 18.3. The highest BCUT2D eigenvalue weighted by Crippen LogP contribution is 2.29. The summed E-state index contributed by atoms with van der Waals surface area (Å²) in [6.45, 7) is 1.52. The first-order chi connectivity index (χ1) is 11.3. The van der Waals surface area contributed by atoms with Gasteiger partial charge in [-0.1, -0.05) is 6.07 Å². The van der Waals surface area contributed by atoms with Crippen LogP contribution in [0.5, 0.6) is 0 Å². The molecule has 4 heterocycles. The summed E-state index contributed by atoms with van der Waals surface area (Å²) in [7, 11) is 0. The molecule has 1 atom stereocenters. The number of carbonyl (C=O) groups excluding carboxylic acids is 1. The minimum absolute atomic E-state index is 0.0360. The summed E-state index contributed by atoms with van der Waals surface area (Å²) in [6, 6.07) is 4.35. The van der Waals surface area contributed by atoms with Crippen LogP contribution >= 0.6 is 22.7 Å². The predicted molar refractivity (Wildman–Crippen MR) is 91.8 cm³/mol. The van der Waals surface area contributed by atoms with Gasteiger partial charge in [-0.3, -0.25) is 4.79 Å². The largest absolute Gasteiger partial charge is 0.335 e. The molecule has 0 saturated carbocycles. The lowest BCUT2D eigenvalue weighted by Gasteiger charge is -2.32. The maximum absolute atomic E-state index is 12.7. The molecule has 1 aliphatic rings. The lowest BCUT2D eigenvalue weighted by Crippen LogP contribution is -2.40. The van der Waals surface area contributed by atoms with Crippen molar-refractivity contribution in [3.63, 3.8) is 0 Å². The fourth-order valence-electron chi connectivity index (χ4n) is 2.92. The van der Waals surface area contributed by atoms with Gasteiger partial charge in [0.15, 0.2) is 0 Å². The molecule has 3 aromatic heterocycles. The van der Waals surface area contributed by atoms with Crippen molar-refractivity contribution in [2.45, 2.75) is 18.9 Å². The highest BCUT2D eigenvalue weighted by atomic mass is 32.1. The van der Waals surface area contributed by atoms with Gasteiger partial charge in [0.2, 0.25) is 0 Å². The third-order valence-electron chi connectivity index (χ3n) is 4.09. The maximum atomic E-state index is 12.7. The number of imidazole rings is 1. The minimum Gasteiger partial charge on any atom is -0.335 e. The van der Waals surface area contributed by atoms with Crippen LogP contribution in [-0.4, -0.2) is 38.4 Å². The first kappa shape index (κ1) is 14.6. The van der Waals surface area contributed by atoms with E-state index in [-0.39, 0.29) is 5.91 Å². The molecular weight excluding hydrogens is 328 g/mol. The van der Waals surface area contributed by atoms with Crippen LogP contribution in [0, 0.1) is 0 Å². The molecule has 118 valence electrons. The van der Waals surface area contributed by atoms with Gasteiger partial charge in [-0.15, -0.1) is 22.7 Å². The molecule has 3 aromatic rings. The standard InChI is InChI=1S/C16H16N4OS2/c21-16(13-10-23-15(18-13)14-4-2-8-22-14)19-6-1-3-12(9-19)20-7-5-17-11-20/h2,4-5,7-8,10-12H,1,3,6,9H2. The Morgan fingerprint density at radius 1 is 1.35 bits per heavy atom. The van der Waals surface area contributed by atoms with Crippen LogP contribution in [0.3, 0.4) is 0 Å². The third-order valence-corrected chi connectivity index (χ3v) is 5.97. The van der Waals surface area contributed by atoms with Gasteiger partial charge in [-0.25, -0.2) is 9.97 Å². The van der Waals surface area contributed by atoms with E-state index in [9.17, 15) is 4.79 Å². The summed E-state index contributed by atoms with van der Waals surface area (Å²) < 4.78 is 2.09. The van der Waals surface area contributed by atoms with Crippen molar-refractivity contribution in [2.24, 2.45) is 0 Å². The van der Waals surface area contributed by atoms with Crippen LogP contribution < -0.4 is 0 Å². The number of thiazole rings is 1. The molecule has 1 saturated heterocycles. The molecule has 1 amide bonds. The Morgan fingerprint density at radius 3 is 3.09 bits per heavy atom. The van der Waals surface area contributed by atoms with Crippen LogP contribution in [0.15, 0.2) is 41.6 Å². The second-order valence-electron chi connectivity index (χ2n) is 5.57. The van der Waals surface area contributed by atoms with Crippen LogP contribution in [0.4, 0.5) is 0 Å². The van der Waals surface area contributed by atoms with Gasteiger partial charge < -0.3 is 9.47 Å². The van der Waals surface area contributed by atoms with E-state index in [0.29, 0.717) is 11.7 Å². The number of thiophene rings is 1. The lowest BCUT2D eigenvalue weighted by molar-refractivity contribution is 0.0674. The van der Waals surface area contributed by atoms with E-state index in [1.165, 1.54) is 11.3 Å². The highest BCUT2D eigenvalue weighted by Gasteiger charge is 2.26. The summed E-state index contributed by atoms with van der Waals surface area (Å²) >= 11 is 3.18. The van der Waals surface area contributed by atoms with E-state index < -0.39 is 0 Å². The SMILES string of the molecule is O=C(c1csc(-c2cccs2)n1)N1CCCC(n2ccnc2)C1. The molecular formula is C16H16N4OS2. The van der Waals surface area contributed by atoms with Crippen molar-refractivity contribution in [3.05, 3.63) is 47.3 Å². The molecule has 23 heavy (non-hydrogen) atoms. The molecule has 0 aliphatic carbocycles. The van der Waals surface area contributed by atoms with Gasteiger partial charge >= 0.3 is 0 Å². The zero-order valence-corrected chi connectivity index (χ0v) is 14.1. The maximum Gasteiger partial charge on any atom is 0.273 e. The van der Waals surface area contributed by atoms with Crippen LogP contribution in [0.25, 0.3) is 9.88 Å². The topological polar surface area (TPSA) is 51.0 Å². The summed E-state index contributed by atoms with van der Waals surface area (Å²) in [4.78, 5) is 24.4. The van der Waals surface area contributed by atoms with Crippen LogP contribution in [0.2, 0.25) is 0 Å². The van der Waals surface area contributed by atoms with E-state index in [4.69, 9.17) is 0 Å². The predicted octanol–water partition coefficient (Wildman–Crippen LogP) is 3.55. The van der Waals surface area contributed by atoms with Gasteiger partial charge in [0, 0.05) is 30.9 Å². The molecule has 4 rings (SSSR count). The average molecular weight is 344 g/mol. The summed E-state index contributed by atoms with van der Waals surface area (Å²) in [5.74, 6) is 0.0360. The molecule has 0 radical (unpaired) electrons. The number of hydrogen-bond donors (Lipinski definition) is 0. The number of aromatic nitrogens is 3. The van der Waals surface area contributed by atoms with Crippen molar-refractivity contribution in [3.8, 4) is 9.88 Å². The fraction of sp³-hybridized carbons (Fsp3) is 0.312. The van der Waals surface area contributed by atoms with Crippen LogP contribution in [0.1, 0.15) is 29.4 Å². The monoisotopic (exact) mass is 344 g/mol. The molecule has 1 unspecified atom stereocenters. The number of likely N-dealkylation sites (tertiary alicyclic amines) is 1. The number of nitrogens with zero attached hydrogens (tertiary/aromatic N) is 4. The van der Waals surface area contributed by atoms with Crippen molar-refractivity contribution in [1.29, 1.82) is 0 Å². The highest BCUT2D eigenvalue weighted by molar-refractivity contribution is 7.20.